The number of fused-ring (bicyclic) bond motifs is 2. The Morgan fingerprint density at radius 3 is 1.52 bits per heavy atom. The average Bonchev–Trinajstić information content (AvgIpc) is 2.87. The first-order valence-electron chi connectivity index (χ1n) is 12.9. The first-order chi connectivity index (χ1) is 19.0. The van der Waals surface area contributed by atoms with Gasteiger partial charge in [0.1, 0.15) is 11.5 Å². The van der Waals surface area contributed by atoms with Gasteiger partial charge in [-0.15, -0.1) is 0 Å². The van der Waals surface area contributed by atoms with E-state index in [0.717, 1.165) is 0 Å². The molecule has 0 saturated heterocycles. The summed E-state index contributed by atoms with van der Waals surface area (Å²) in [5.41, 5.74) is 1.53. The van der Waals surface area contributed by atoms with Crippen LogP contribution in [0.15, 0.2) is 36.6 Å². The summed E-state index contributed by atoms with van der Waals surface area (Å²) in [7, 11) is 7.77. The lowest BCUT2D eigenvalue weighted by Crippen LogP contribution is -2.28. The fourth-order valence-corrected chi connectivity index (χ4v) is 4.07. The fraction of sp³-hybridized carbons (Fsp3) is 0.414. The Bertz CT molecular complexity index is 1180. The van der Waals surface area contributed by atoms with E-state index in [1.165, 1.54) is 6.92 Å². The first-order valence-corrected chi connectivity index (χ1v) is 12.9. The van der Waals surface area contributed by atoms with Crippen molar-refractivity contribution in [1.82, 2.24) is 9.80 Å². The van der Waals surface area contributed by atoms with Crippen LogP contribution in [0.1, 0.15) is 45.7 Å². The summed E-state index contributed by atoms with van der Waals surface area (Å²) in [5, 5.41) is 6.55. The van der Waals surface area contributed by atoms with Crippen molar-refractivity contribution >= 4 is 28.9 Å². The molecule has 2 N–H and O–H groups in total. The third kappa shape index (κ3) is 7.51. The summed E-state index contributed by atoms with van der Waals surface area (Å²) in [6.45, 7) is 8.53. The van der Waals surface area contributed by atoms with Gasteiger partial charge in [0.05, 0.1) is 28.0 Å². The highest BCUT2D eigenvalue weighted by molar-refractivity contribution is 6.33. The number of ketones is 2. The van der Waals surface area contributed by atoms with Gasteiger partial charge in [-0.05, 0) is 59.4 Å². The van der Waals surface area contributed by atoms with E-state index in [1.807, 2.05) is 38.0 Å². The van der Waals surface area contributed by atoms with Crippen LogP contribution in [0.3, 0.4) is 0 Å². The summed E-state index contributed by atoms with van der Waals surface area (Å²) < 4.78 is 21.8. The lowest BCUT2D eigenvalue weighted by atomic mass is 9.81. The quantitative estimate of drug-likeness (QED) is 0.164. The number of ether oxygens (including phenoxy) is 4. The van der Waals surface area contributed by atoms with E-state index in [9.17, 15) is 14.4 Å². The Morgan fingerprint density at radius 1 is 0.725 bits per heavy atom. The maximum atomic E-state index is 14.2. The Hall–Kier alpha value is -4.09. The second-order valence-electron chi connectivity index (χ2n) is 9.85. The topological polar surface area (TPSA) is 119 Å². The van der Waals surface area contributed by atoms with E-state index in [2.05, 4.69) is 17.2 Å². The molecular weight excluding hydrogens is 516 g/mol. The van der Waals surface area contributed by atoms with Crippen LogP contribution in [0, 0.1) is 0 Å². The summed E-state index contributed by atoms with van der Waals surface area (Å²) in [4.78, 5) is 43.8. The number of rotatable bonds is 15. The number of likely N-dealkylation sites (N-methyl/N-ethyl adjacent to an activating group) is 2. The van der Waals surface area contributed by atoms with E-state index >= 15 is 0 Å². The van der Waals surface area contributed by atoms with Crippen molar-refractivity contribution in [2.24, 2.45) is 0 Å². The summed E-state index contributed by atoms with van der Waals surface area (Å²) >= 11 is 0. The molecule has 0 atom stereocenters. The van der Waals surface area contributed by atoms with Crippen molar-refractivity contribution in [1.29, 1.82) is 0 Å². The molecule has 0 aliphatic heterocycles. The minimum Gasteiger partial charge on any atom is -0.463 e. The molecule has 0 unspecified atom stereocenters. The van der Waals surface area contributed by atoms with Crippen LogP contribution in [0.25, 0.3) is 0 Å². The van der Waals surface area contributed by atoms with Gasteiger partial charge in [-0.1, -0.05) is 6.58 Å². The molecule has 1 aliphatic carbocycles. The predicted octanol–water partition coefficient (Wildman–Crippen LogP) is 3.19. The SMILES string of the molecule is C=C(C)OCOc1ccc(NCCN(C)C)c2c1C(=O)c1c(NCCN(C)C)ccc(OCOC(C)=O)c1C2=O. The van der Waals surface area contributed by atoms with Crippen molar-refractivity contribution in [2.45, 2.75) is 13.8 Å². The first kappa shape index (κ1) is 30.5. The normalized spacial score (nSPS) is 12.1. The number of nitrogens with zero attached hydrogens (tertiary/aromatic N) is 2. The Kier molecular flexibility index (Phi) is 10.5. The molecule has 216 valence electrons. The van der Waals surface area contributed by atoms with Gasteiger partial charge in [-0.3, -0.25) is 14.4 Å². The summed E-state index contributed by atoms with van der Waals surface area (Å²) in [6, 6.07) is 6.63. The number of carbonyl (C=O) groups is 3. The highest BCUT2D eigenvalue weighted by atomic mass is 16.7. The third-order valence-corrected chi connectivity index (χ3v) is 5.99. The molecule has 0 heterocycles. The molecule has 0 radical (unpaired) electrons. The number of carbonyl (C=O) groups excluding carboxylic acids is 3. The van der Waals surface area contributed by atoms with Gasteiger partial charge in [0.25, 0.3) is 0 Å². The number of anilines is 2. The van der Waals surface area contributed by atoms with E-state index in [1.54, 1.807) is 31.2 Å². The standard InChI is InChI=1S/C29H38N4O7/c1-18(2)37-16-39-22-10-8-20(30-12-14-32(4)5)24-26(22)28(35)25-21(31-13-15-33(6)7)9-11-23(27(25)29(24)36)40-17-38-19(3)34/h8-11,30-31H,1,12-17H2,2-7H3. The van der Waals surface area contributed by atoms with Crippen molar-refractivity contribution in [3.05, 3.63) is 58.9 Å². The van der Waals surface area contributed by atoms with Crippen molar-refractivity contribution < 1.29 is 33.3 Å². The van der Waals surface area contributed by atoms with Gasteiger partial charge in [0.15, 0.2) is 0 Å². The lowest BCUT2D eigenvalue weighted by molar-refractivity contribution is -0.147. The number of nitrogens with one attached hydrogen (secondary N) is 2. The molecule has 2 aromatic carbocycles. The van der Waals surface area contributed by atoms with Crippen LogP contribution >= 0.6 is 0 Å². The van der Waals surface area contributed by atoms with Crippen LogP contribution in [-0.2, 0) is 14.3 Å². The molecule has 0 fully saturated rings. The van der Waals surface area contributed by atoms with Crippen LogP contribution in [0.5, 0.6) is 11.5 Å². The lowest BCUT2D eigenvalue weighted by Gasteiger charge is -2.27. The molecule has 3 rings (SSSR count). The highest BCUT2D eigenvalue weighted by Crippen LogP contribution is 2.43. The van der Waals surface area contributed by atoms with Crippen molar-refractivity contribution in [3.63, 3.8) is 0 Å². The number of esters is 1. The van der Waals surface area contributed by atoms with E-state index < -0.39 is 24.3 Å². The highest BCUT2D eigenvalue weighted by Gasteiger charge is 2.39. The van der Waals surface area contributed by atoms with Gasteiger partial charge in [-0.25, -0.2) is 0 Å². The maximum absolute atomic E-state index is 14.2. The number of benzene rings is 2. The maximum Gasteiger partial charge on any atom is 0.305 e. The third-order valence-electron chi connectivity index (χ3n) is 5.99. The number of hydrogen-bond acceptors (Lipinski definition) is 11. The molecule has 0 bridgehead atoms. The van der Waals surface area contributed by atoms with Gasteiger partial charge in [-0.2, -0.15) is 0 Å². The van der Waals surface area contributed by atoms with E-state index in [-0.39, 0.29) is 40.5 Å². The van der Waals surface area contributed by atoms with Crippen LogP contribution in [0.2, 0.25) is 0 Å². The number of hydrogen-bond donors (Lipinski definition) is 2. The Labute approximate surface area is 235 Å². The molecule has 40 heavy (non-hydrogen) atoms. The molecule has 0 amide bonds. The predicted molar refractivity (Wildman–Crippen MR) is 152 cm³/mol. The van der Waals surface area contributed by atoms with Crippen LogP contribution in [-0.4, -0.2) is 95.3 Å². The van der Waals surface area contributed by atoms with Gasteiger partial charge in [0.2, 0.25) is 25.2 Å². The molecule has 0 aromatic heterocycles. The zero-order chi connectivity index (χ0) is 29.4. The molecule has 0 saturated carbocycles. The summed E-state index contributed by atoms with van der Waals surface area (Å²) in [5.74, 6) is -0.562. The molecule has 11 nitrogen and oxygen atoms in total. The average molecular weight is 555 g/mol. The van der Waals surface area contributed by atoms with E-state index in [0.29, 0.717) is 43.3 Å². The van der Waals surface area contributed by atoms with Crippen molar-refractivity contribution in [3.8, 4) is 11.5 Å². The monoisotopic (exact) mass is 554 g/mol. The number of allylic oxidation sites excluding steroid dienone is 1. The molecular formula is C29H38N4O7. The second-order valence-corrected chi connectivity index (χ2v) is 9.85. The van der Waals surface area contributed by atoms with Crippen LogP contribution in [0.4, 0.5) is 11.4 Å². The Morgan fingerprint density at radius 2 is 1.15 bits per heavy atom. The van der Waals surface area contributed by atoms with E-state index in [4.69, 9.17) is 18.9 Å². The Balaban J connectivity index is 2.14. The molecule has 11 heteroatoms. The fourth-order valence-electron chi connectivity index (χ4n) is 4.07. The van der Waals surface area contributed by atoms with Crippen LogP contribution < -0.4 is 20.1 Å². The minimum atomic E-state index is -0.533. The second kappa shape index (κ2) is 13.8. The molecule has 0 spiro atoms. The zero-order valence-electron chi connectivity index (χ0n) is 24.0. The van der Waals surface area contributed by atoms with Gasteiger partial charge >= 0.3 is 5.97 Å². The summed E-state index contributed by atoms with van der Waals surface area (Å²) in [6.07, 6.45) is 0. The van der Waals surface area contributed by atoms with Gasteiger partial charge in [0, 0.05) is 44.5 Å². The molecule has 2 aromatic rings. The smallest absolute Gasteiger partial charge is 0.305 e. The van der Waals surface area contributed by atoms with Gasteiger partial charge < -0.3 is 39.4 Å². The largest absolute Gasteiger partial charge is 0.463 e. The minimum absolute atomic E-state index is 0.0884. The van der Waals surface area contributed by atoms with Crippen molar-refractivity contribution in [2.75, 3.05) is 78.6 Å². The molecule has 1 aliphatic rings. The zero-order valence-corrected chi connectivity index (χ0v) is 24.0.